The van der Waals surface area contributed by atoms with E-state index in [0.29, 0.717) is 0 Å². The van der Waals surface area contributed by atoms with E-state index in [1.807, 2.05) is 5.32 Å². The zero-order valence-electron chi connectivity index (χ0n) is 15.7. The van der Waals surface area contributed by atoms with Gasteiger partial charge in [0, 0.05) is 24.9 Å². The van der Waals surface area contributed by atoms with Gasteiger partial charge in [0.05, 0.1) is 0 Å². The second-order valence-electron chi connectivity index (χ2n) is 6.10. The summed E-state index contributed by atoms with van der Waals surface area (Å²) in [6, 6.07) is 3.18. The van der Waals surface area contributed by atoms with E-state index in [1.54, 1.807) is 0 Å². The number of rotatable bonds is 12. The highest BCUT2D eigenvalue weighted by atomic mass is 19.1. The van der Waals surface area contributed by atoms with E-state index in [9.17, 15) is 28.4 Å². The number of benzene rings is 1. The van der Waals surface area contributed by atoms with Crippen LogP contribution in [0.1, 0.15) is 36.0 Å². The lowest BCUT2D eigenvalue weighted by Gasteiger charge is -2.18. The fourth-order valence-electron chi connectivity index (χ4n) is 2.27. The minimum Gasteiger partial charge on any atom is -0.481 e. The summed E-state index contributed by atoms with van der Waals surface area (Å²) < 4.78 is 17.5. The minimum atomic E-state index is -1.67. The Kier molecular flexibility index (Phi) is 9.73. The maximum absolute atomic E-state index is 12.8. The molecular formula is C18H21FN2O9. The van der Waals surface area contributed by atoms with E-state index in [4.69, 9.17) is 20.1 Å². The third-order valence-corrected chi connectivity index (χ3v) is 3.80. The molecule has 30 heavy (non-hydrogen) atoms. The predicted octanol–water partition coefficient (Wildman–Crippen LogP) is 0.833. The number of carboxylic acids is 3. The van der Waals surface area contributed by atoms with Gasteiger partial charge < -0.3 is 30.7 Å². The van der Waals surface area contributed by atoms with Gasteiger partial charge in [-0.05, 0) is 37.1 Å². The van der Waals surface area contributed by atoms with Crippen LogP contribution >= 0.6 is 0 Å². The lowest BCUT2D eigenvalue weighted by molar-refractivity contribution is -0.147. The van der Waals surface area contributed by atoms with E-state index in [0.717, 1.165) is 12.1 Å². The molecule has 0 aliphatic rings. The van der Waals surface area contributed by atoms with Gasteiger partial charge in [-0.25, -0.2) is 18.8 Å². The maximum Gasteiger partial charge on any atom is 0.408 e. The zero-order chi connectivity index (χ0) is 22.7. The van der Waals surface area contributed by atoms with Crippen molar-refractivity contribution in [3.05, 3.63) is 35.6 Å². The smallest absolute Gasteiger partial charge is 0.408 e. The van der Waals surface area contributed by atoms with Gasteiger partial charge in [0.25, 0.3) is 5.91 Å². The zero-order valence-corrected chi connectivity index (χ0v) is 15.7. The third kappa shape index (κ3) is 8.99. The average Bonchev–Trinajstić information content (AvgIpc) is 2.66. The van der Waals surface area contributed by atoms with Crippen molar-refractivity contribution in [1.82, 2.24) is 10.6 Å². The van der Waals surface area contributed by atoms with Crippen LogP contribution in [-0.4, -0.2) is 63.9 Å². The van der Waals surface area contributed by atoms with Crippen LogP contribution in [-0.2, 0) is 19.1 Å². The van der Waals surface area contributed by atoms with E-state index in [2.05, 4.69) is 5.32 Å². The summed E-state index contributed by atoms with van der Waals surface area (Å²) in [4.78, 5) is 56.6. The molecule has 0 heterocycles. The monoisotopic (exact) mass is 428 g/mol. The number of ether oxygens (including phenoxy) is 1. The SMILES string of the molecule is O=C(O)CCC[C@H](NC(=O)O[C@@H](CCNC(=O)c1ccc(F)cc1)C(=O)O)C(=O)O. The van der Waals surface area contributed by atoms with Gasteiger partial charge in [0.1, 0.15) is 11.9 Å². The largest absolute Gasteiger partial charge is 0.481 e. The van der Waals surface area contributed by atoms with Crippen LogP contribution in [0.25, 0.3) is 0 Å². The number of hydrogen-bond donors (Lipinski definition) is 5. The van der Waals surface area contributed by atoms with Crippen LogP contribution in [0.5, 0.6) is 0 Å². The fraction of sp³-hybridized carbons (Fsp3) is 0.389. The third-order valence-electron chi connectivity index (χ3n) is 3.80. The molecule has 1 aromatic carbocycles. The molecule has 0 fully saturated rings. The number of aliphatic carboxylic acids is 3. The molecule has 0 aliphatic heterocycles. The minimum absolute atomic E-state index is 0.0235. The van der Waals surface area contributed by atoms with E-state index in [1.165, 1.54) is 12.1 Å². The number of amides is 2. The Balaban J connectivity index is 2.52. The molecule has 1 aromatic rings. The molecule has 0 radical (unpaired) electrons. The van der Waals surface area contributed by atoms with E-state index >= 15 is 0 Å². The molecule has 2 amide bonds. The quantitative estimate of drug-likeness (QED) is 0.322. The highest BCUT2D eigenvalue weighted by Gasteiger charge is 2.26. The number of carboxylic acid groups (broad SMARTS) is 3. The summed E-state index contributed by atoms with van der Waals surface area (Å²) in [5, 5.41) is 31.1. The molecule has 0 unspecified atom stereocenters. The maximum atomic E-state index is 12.8. The van der Waals surface area contributed by atoms with Crippen molar-refractivity contribution in [3.63, 3.8) is 0 Å². The summed E-state index contributed by atoms with van der Waals surface area (Å²) in [6.07, 6.45) is -3.81. The first-order valence-corrected chi connectivity index (χ1v) is 8.78. The number of halogens is 1. The van der Waals surface area contributed by atoms with Gasteiger partial charge in [-0.2, -0.15) is 0 Å². The van der Waals surface area contributed by atoms with Crippen molar-refractivity contribution in [2.75, 3.05) is 6.54 Å². The summed E-state index contributed by atoms with van der Waals surface area (Å²) >= 11 is 0. The number of nitrogens with one attached hydrogen (secondary N) is 2. The van der Waals surface area contributed by atoms with Crippen LogP contribution in [0, 0.1) is 5.82 Å². The second-order valence-corrected chi connectivity index (χ2v) is 6.10. The van der Waals surface area contributed by atoms with Gasteiger partial charge in [-0.3, -0.25) is 9.59 Å². The summed E-state index contributed by atoms with van der Waals surface area (Å²) in [5.41, 5.74) is 0.146. The molecule has 0 aliphatic carbocycles. The molecule has 164 valence electrons. The average molecular weight is 428 g/mol. The molecule has 11 nitrogen and oxygen atoms in total. The van der Waals surface area contributed by atoms with Crippen LogP contribution < -0.4 is 10.6 Å². The van der Waals surface area contributed by atoms with Gasteiger partial charge in [-0.1, -0.05) is 0 Å². The van der Waals surface area contributed by atoms with E-state index in [-0.39, 0.29) is 37.8 Å². The lowest BCUT2D eigenvalue weighted by Crippen LogP contribution is -2.44. The molecule has 0 aromatic heterocycles. The Morgan fingerprint density at radius 2 is 1.60 bits per heavy atom. The topological polar surface area (TPSA) is 179 Å². The molecule has 0 saturated heterocycles. The van der Waals surface area contributed by atoms with Crippen LogP contribution in [0.15, 0.2) is 24.3 Å². The fourth-order valence-corrected chi connectivity index (χ4v) is 2.27. The van der Waals surface area contributed by atoms with Crippen LogP contribution in [0.3, 0.4) is 0 Å². The van der Waals surface area contributed by atoms with Crippen molar-refractivity contribution in [2.45, 2.75) is 37.8 Å². The Bertz CT molecular complexity index is 782. The van der Waals surface area contributed by atoms with Gasteiger partial charge in [-0.15, -0.1) is 0 Å². The number of carbonyl (C=O) groups excluding carboxylic acids is 2. The van der Waals surface area contributed by atoms with Gasteiger partial charge >= 0.3 is 24.0 Å². The second kappa shape index (κ2) is 12.0. The Labute approximate surface area is 169 Å². The summed E-state index contributed by atoms with van der Waals surface area (Å²) in [7, 11) is 0. The molecule has 2 atom stereocenters. The molecule has 1 rings (SSSR count). The Hall–Kier alpha value is -3.70. The molecule has 0 spiro atoms. The lowest BCUT2D eigenvalue weighted by atomic mass is 10.1. The highest BCUT2D eigenvalue weighted by molar-refractivity contribution is 5.94. The molecule has 5 N–H and O–H groups in total. The van der Waals surface area contributed by atoms with Crippen molar-refractivity contribution in [1.29, 1.82) is 0 Å². The first kappa shape index (κ1) is 24.3. The number of alkyl carbamates (subject to hydrolysis) is 1. The first-order chi connectivity index (χ1) is 14.1. The molecule has 12 heteroatoms. The first-order valence-electron chi connectivity index (χ1n) is 8.78. The summed E-state index contributed by atoms with van der Waals surface area (Å²) in [5.74, 6) is -5.20. The Morgan fingerprint density at radius 1 is 0.967 bits per heavy atom. The molecule has 0 bridgehead atoms. The normalized spacial score (nSPS) is 12.3. The predicted molar refractivity (Wildman–Crippen MR) is 97.3 cm³/mol. The van der Waals surface area contributed by atoms with Crippen LogP contribution in [0.2, 0.25) is 0 Å². The number of hydrogen-bond acceptors (Lipinski definition) is 6. The Morgan fingerprint density at radius 3 is 2.13 bits per heavy atom. The van der Waals surface area contributed by atoms with Crippen molar-refractivity contribution in [2.24, 2.45) is 0 Å². The molecule has 0 saturated carbocycles. The van der Waals surface area contributed by atoms with Crippen molar-refractivity contribution in [3.8, 4) is 0 Å². The standard InChI is InChI=1S/C18H21FN2O9/c19-11-6-4-10(5-7-11)15(24)20-9-8-13(17(27)28)30-18(29)21-12(16(25)26)2-1-3-14(22)23/h4-7,12-13H,1-3,8-9H2,(H,20,24)(H,21,29)(H,22,23)(H,25,26)(H,27,28)/t12-,13-/m0/s1. The molecular weight excluding hydrogens is 407 g/mol. The highest BCUT2D eigenvalue weighted by Crippen LogP contribution is 2.06. The van der Waals surface area contributed by atoms with Gasteiger partial charge in [0.2, 0.25) is 6.10 Å². The number of carbonyl (C=O) groups is 5. The van der Waals surface area contributed by atoms with Gasteiger partial charge in [0.15, 0.2) is 0 Å². The van der Waals surface area contributed by atoms with E-state index < -0.39 is 47.9 Å². The van der Waals surface area contributed by atoms with Crippen molar-refractivity contribution >= 4 is 29.9 Å². The van der Waals surface area contributed by atoms with Crippen LogP contribution in [0.4, 0.5) is 9.18 Å². The summed E-state index contributed by atoms with van der Waals surface area (Å²) in [6.45, 7) is -0.193. The van der Waals surface area contributed by atoms with Crippen molar-refractivity contribution < 1.29 is 48.4 Å².